The molecule has 0 unspecified atom stereocenters. The number of alkyl halides is 4. The molecule has 1 aliphatic carbocycles. The molecule has 1 heterocycles. The number of carbonyl (C=O) groups excluding carboxylic acids is 1. The number of amides is 1. The van der Waals surface area contributed by atoms with Crippen molar-refractivity contribution in [2.24, 2.45) is 0 Å². The van der Waals surface area contributed by atoms with Crippen LogP contribution in [0.5, 0.6) is 0 Å². The molecule has 0 spiro atoms. The fourth-order valence-electron chi connectivity index (χ4n) is 4.73. The summed E-state index contributed by atoms with van der Waals surface area (Å²) in [5.74, 6) is -0.00470. The van der Waals surface area contributed by atoms with E-state index in [9.17, 15) is 26.4 Å². The van der Waals surface area contributed by atoms with Crippen LogP contribution in [0.4, 0.5) is 17.6 Å². The van der Waals surface area contributed by atoms with E-state index in [2.05, 4.69) is 10.6 Å². The van der Waals surface area contributed by atoms with Crippen LogP contribution in [0.25, 0.3) is 0 Å². The lowest BCUT2D eigenvalue weighted by Gasteiger charge is -2.34. The van der Waals surface area contributed by atoms with Gasteiger partial charge in [-0.15, -0.1) is 0 Å². The maximum Gasteiger partial charge on any atom is 0.416 e. The van der Waals surface area contributed by atoms with E-state index in [0.29, 0.717) is 19.0 Å². The van der Waals surface area contributed by atoms with Gasteiger partial charge in [0, 0.05) is 12.6 Å². The summed E-state index contributed by atoms with van der Waals surface area (Å²) in [7, 11) is -4.64. The summed E-state index contributed by atoms with van der Waals surface area (Å²) in [6.45, 7) is 0.662. The summed E-state index contributed by atoms with van der Waals surface area (Å²) >= 11 is 0. The molecule has 34 heavy (non-hydrogen) atoms. The zero-order valence-corrected chi connectivity index (χ0v) is 19.1. The standard InChI is InChI=1S/C24H26F4N2O3S/c25-23(34(32,33)20-8-4-7-18(14-20)24(26,27)28)11-9-19(10-12-23)30-22(31)21-13-17(15-29-21)16-5-2-1-3-6-16/h1-8,14,17,19,21,29H,9-13,15H2,(H,30,31)/t17-,19-,21+,23+/m1/s1. The molecular weight excluding hydrogens is 472 g/mol. The van der Waals surface area contributed by atoms with E-state index in [1.807, 2.05) is 30.3 Å². The van der Waals surface area contributed by atoms with E-state index in [1.54, 1.807) is 0 Å². The van der Waals surface area contributed by atoms with Crippen LogP contribution >= 0.6 is 0 Å². The Hall–Kier alpha value is -2.46. The molecule has 0 bridgehead atoms. The molecule has 1 aliphatic heterocycles. The fourth-order valence-corrected chi connectivity index (χ4v) is 6.46. The summed E-state index contributed by atoms with van der Waals surface area (Å²) in [6.07, 6.45) is -4.75. The van der Waals surface area contributed by atoms with Crippen molar-refractivity contribution in [2.75, 3.05) is 6.54 Å². The van der Waals surface area contributed by atoms with E-state index in [1.165, 1.54) is 0 Å². The van der Waals surface area contributed by atoms with Crippen molar-refractivity contribution in [2.45, 2.75) is 66.2 Å². The molecule has 2 N–H and O–H groups in total. The number of rotatable bonds is 5. The van der Waals surface area contributed by atoms with Gasteiger partial charge < -0.3 is 10.6 Å². The Balaban J connectivity index is 1.36. The first kappa shape index (κ1) is 24.7. The average molecular weight is 499 g/mol. The summed E-state index contributed by atoms with van der Waals surface area (Å²) < 4.78 is 80.2. The average Bonchev–Trinajstić information content (AvgIpc) is 3.31. The minimum Gasteiger partial charge on any atom is -0.352 e. The monoisotopic (exact) mass is 498 g/mol. The van der Waals surface area contributed by atoms with Gasteiger partial charge in [0.15, 0.2) is 0 Å². The molecule has 10 heteroatoms. The summed E-state index contributed by atoms with van der Waals surface area (Å²) in [5, 5.41) is 3.40. The molecule has 1 saturated heterocycles. The van der Waals surface area contributed by atoms with Crippen molar-refractivity contribution in [3.63, 3.8) is 0 Å². The van der Waals surface area contributed by atoms with Crippen molar-refractivity contribution in [1.82, 2.24) is 10.6 Å². The molecule has 184 valence electrons. The maximum absolute atomic E-state index is 15.5. The van der Waals surface area contributed by atoms with Crippen LogP contribution in [0.1, 0.15) is 49.1 Å². The van der Waals surface area contributed by atoms with Gasteiger partial charge in [-0.25, -0.2) is 12.8 Å². The van der Waals surface area contributed by atoms with Crippen LogP contribution in [-0.4, -0.2) is 38.0 Å². The van der Waals surface area contributed by atoms with Crippen molar-refractivity contribution in [3.05, 3.63) is 65.7 Å². The zero-order chi connectivity index (χ0) is 24.6. The van der Waals surface area contributed by atoms with E-state index in [-0.39, 0.29) is 24.7 Å². The number of hydrogen-bond donors (Lipinski definition) is 2. The third kappa shape index (κ3) is 4.98. The second-order valence-corrected chi connectivity index (χ2v) is 11.2. The highest BCUT2D eigenvalue weighted by Gasteiger charge is 2.48. The first-order valence-corrected chi connectivity index (χ1v) is 12.7. The predicted octanol–water partition coefficient (Wildman–Crippen LogP) is 4.35. The number of halogens is 4. The Bertz CT molecular complexity index is 1130. The second kappa shape index (κ2) is 9.30. The normalized spacial score (nSPS) is 27.9. The van der Waals surface area contributed by atoms with Gasteiger partial charge in [-0.2, -0.15) is 13.2 Å². The third-order valence-corrected chi connectivity index (χ3v) is 9.00. The van der Waals surface area contributed by atoms with Crippen molar-refractivity contribution in [1.29, 1.82) is 0 Å². The Morgan fingerprint density at radius 2 is 1.71 bits per heavy atom. The molecule has 1 amide bonds. The SMILES string of the molecule is O=C(N[C@H]1CC[C@@](F)(S(=O)(=O)c2cccc(C(F)(F)F)c2)CC1)[C@@H]1C[C@@H](c2ccccc2)CN1. The minimum atomic E-state index is -4.73. The number of nitrogens with one attached hydrogen (secondary N) is 2. The topological polar surface area (TPSA) is 75.3 Å². The molecular formula is C24H26F4N2O3S. The quantitative estimate of drug-likeness (QED) is 0.602. The lowest BCUT2D eigenvalue weighted by atomic mass is 9.92. The number of sulfone groups is 1. The largest absolute Gasteiger partial charge is 0.416 e. The smallest absolute Gasteiger partial charge is 0.352 e. The number of carbonyl (C=O) groups is 1. The highest BCUT2D eigenvalue weighted by atomic mass is 32.2. The van der Waals surface area contributed by atoms with Gasteiger partial charge in [0.25, 0.3) is 0 Å². The van der Waals surface area contributed by atoms with Gasteiger partial charge in [0.2, 0.25) is 20.7 Å². The zero-order valence-electron chi connectivity index (χ0n) is 18.3. The van der Waals surface area contributed by atoms with E-state index in [4.69, 9.17) is 0 Å². The summed E-state index contributed by atoms with van der Waals surface area (Å²) in [4.78, 5) is 12.0. The number of benzene rings is 2. The van der Waals surface area contributed by atoms with Crippen LogP contribution in [0, 0.1) is 0 Å². The Morgan fingerprint density at radius 3 is 2.35 bits per heavy atom. The second-order valence-electron chi connectivity index (χ2n) is 9.00. The van der Waals surface area contributed by atoms with Crippen LogP contribution in [0.3, 0.4) is 0 Å². The molecule has 0 aromatic heterocycles. The van der Waals surface area contributed by atoms with Crippen LogP contribution < -0.4 is 10.6 Å². The van der Waals surface area contributed by atoms with E-state index >= 15 is 4.39 Å². The first-order chi connectivity index (χ1) is 16.0. The van der Waals surface area contributed by atoms with Crippen molar-refractivity contribution in [3.8, 4) is 0 Å². The maximum atomic E-state index is 15.5. The molecule has 4 rings (SSSR count). The van der Waals surface area contributed by atoms with Crippen LogP contribution in [-0.2, 0) is 20.8 Å². The minimum absolute atomic E-state index is 0.0786. The molecule has 5 nitrogen and oxygen atoms in total. The molecule has 0 radical (unpaired) electrons. The number of hydrogen-bond acceptors (Lipinski definition) is 4. The fraction of sp³-hybridized carbons (Fsp3) is 0.458. The lowest BCUT2D eigenvalue weighted by Crippen LogP contribution is -2.49. The molecule has 2 aromatic carbocycles. The summed E-state index contributed by atoms with van der Waals surface area (Å²) in [6, 6.07) is 12.2. The third-order valence-electron chi connectivity index (χ3n) is 6.75. The Morgan fingerprint density at radius 1 is 1.03 bits per heavy atom. The molecule has 2 atom stereocenters. The van der Waals surface area contributed by atoms with Gasteiger partial charge >= 0.3 is 6.18 Å². The van der Waals surface area contributed by atoms with Gasteiger partial charge in [-0.05, 0) is 61.8 Å². The van der Waals surface area contributed by atoms with Gasteiger partial charge in [0.1, 0.15) is 0 Å². The molecule has 2 aliphatic rings. The molecule has 2 fully saturated rings. The van der Waals surface area contributed by atoms with Crippen LogP contribution in [0.15, 0.2) is 59.5 Å². The van der Waals surface area contributed by atoms with Gasteiger partial charge in [-0.1, -0.05) is 36.4 Å². The van der Waals surface area contributed by atoms with Gasteiger partial charge in [0.05, 0.1) is 16.5 Å². The predicted molar refractivity (Wildman–Crippen MR) is 118 cm³/mol. The molecule has 2 aromatic rings. The molecule has 1 saturated carbocycles. The van der Waals surface area contributed by atoms with Crippen LogP contribution in [0.2, 0.25) is 0 Å². The van der Waals surface area contributed by atoms with E-state index < -0.39 is 56.4 Å². The van der Waals surface area contributed by atoms with Gasteiger partial charge in [-0.3, -0.25) is 4.79 Å². The Labute approximate surface area is 195 Å². The van der Waals surface area contributed by atoms with E-state index in [0.717, 1.165) is 23.8 Å². The lowest BCUT2D eigenvalue weighted by molar-refractivity contribution is -0.137. The highest BCUT2D eigenvalue weighted by Crippen LogP contribution is 2.41. The highest BCUT2D eigenvalue weighted by molar-refractivity contribution is 7.92. The Kier molecular flexibility index (Phi) is 6.74. The van der Waals surface area contributed by atoms with Crippen molar-refractivity contribution < 1.29 is 30.8 Å². The first-order valence-electron chi connectivity index (χ1n) is 11.2. The summed E-state index contributed by atoms with van der Waals surface area (Å²) in [5.41, 5.74) is 0.000901. The van der Waals surface area contributed by atoms with Crippen molar-refractivity contribution >= 4 is 15.7 Å².